The third-order valence-corrected chi connectivity index (χ3v) is 21.5. The van der Waals surface area contributed by atoms with Crippen molar-refractivity contribution in [2.24, 2.45) is 11.8 Å². The number of rotatable bonds is 11. The lowest BCUT2D eigenvalue weighted by molar-refractivity contribution is -0.0660. The number of aromatic nitrogens is 15. The van der Waals surface area contributed by atoms with E-state index in [0.717, 1.165) is 172 Å². The Morgan fingerprint density at radius 3 is 1.32 bits per heavy atom. The van der Waals surface area contributed by atoms with Crippen molar-refractivity contribution >= 4 is 50.6 Å². The molecule has 18 heterocycles. The molecular weight excluding hydrogens is 1260 g/mol. The summed E-state index contributed by atoms with van der Waals surface area (Å²) in [4.78, 5) is 81.7. The van der Waals surface area contributed by atoms with E-state index in [-0.39, 0.29) is 23.3 Å². The summed E-state index contributed by atoms with van der Waals surface area (Å²) >= 11 is 0. The summed E-state index contributed by atoms with van der Waals surface area (Å²) in [7, 11) is 0. The summed E-state index contributed by atoms with van der Waals surface area (Å²) in [6, 6.07) is 24.4. The standard InChI is InChI=1S/C25H29N7O2.C25H29N7O.C24H27N7O2/c1-16-13-32-23(17(2)26-16)11-21(28-32)20-12-25(34)31-15-19(3-4-24(31)27-20)30-8-6-22-18(14-30)5-7-29(22)9-10-33;1-4-29-9-7-18-14-30(10-8-22(18)29)19-5-6-24-27-20(12-25(33)31(24)15-19)21-11-23-17(3)26-16(2)13-32(23)28-21;1-3-19-22-10-21(27-31(22)12-16(2)25-19)20-11-24(32)30-13-17(4-5-23(30)26-20)28-6-8-29(9-7-28)18-14-33-15-18/h3-4,11-13,15,18,22,33H,5-10,14H2,1-2H3;5-6,11-13,15,18,22H,4,7-10,14H2,1-3H3;4-5,10-13,18H,3,6-9,14-15H2,1-2H3. The molecule has 6 saturated heterocycles. The van der Waals surface area contributed by atoms with Crippen LogP contribution in [-0.2, 0) is 11.2 Å². The first-order valence-electron chi connectivity index (χ1n) is 35.4. The molecule has 0 saturated carbocycles. The third kappa shape index (κ3) is 12.4. The summed E-state index contributed by atoms with van der Waals surface area (Å²) < 4.78 is 15.7. The fraction of sp³-hybridized carbons (Fsp3) is 0.432. The number of hydrogen-bond donors (Lipinski definition) is 1. The second kappa shape index (κ2) is 26.7. The maximum atomic E-state index is 13.1. The number of hydrogen-bond acceptors (Lipinski definition) is 20. The second-order valence-corrected chi connectivity index (χ2v) is 27.8. The smallest absolute Gasteiger partial charge is 0.258 e. The predicted molar refractivity (Wildman–Crippen MR) is 385 cm³/mol. The third-order valence-electron chi connectivity index (χ3n) is 21.5. The van der Waals surface area contributed by atoms with Crippen molar-refractivity contribution in [1.82, 2.24) is 86.6 Å². The van der Waals surface area contributed by atoms with Gasteiger partial charge < -0.3 is 29.4 Å². The Morgan fingerprint density at radius 1 is 0.450 bits per heavy atom. The Labute approximate surface area is 577 Å². The lowest BCUT2D eigenvalue weighted by atomic mass is 9.92. The zero-order valence-electron chi connectivity index (χ0n) is 57.9. The minimum Gasteiger partial charge on any atom is -0.395 e. The number of piperazine rings is 1. The maximum absolute atomic E-state index is 13.1. The first kappa shape index (κ1) is 64.8. The Balaban J connectivity index is 0.000000117. The number of aryl methyl sites for hydroxylation is 6. The quantitative estimate of drug-likeness (QED) is 0.142. The van der Waals surface area contributed by atoms with E-state index in [9.17, 15) is 19.5 Å². The molecule has 0 amide bonds. The first-order chi connectivity index (χ1) is 48.6. The van der Waals surface area contributed by atoms with Gasteiger partial charge in [0.1, 0.15) is 34.0 Å². The number of anilines is 3. The molecule has 0 aliphatic carbocycles. The topological polar surface area (TPSA) is 243 Å². The van der Waals surface area contributed by atoms with E-state index in [1.807, 2.05) is 117 Å². The molecule has 6 aliphatic heterocycles. The van der Waals surface area contributed by atoms with Gasteiger partial charge in [-0.25, -0.2) is 28.5 Å². The largest absolute Gasteiger partial charge is 0.395 e. The van der Waals surface area contributed by atoms with E-state index in [4.69, 9.17) is 19.7 Å². The van der Waals surface area contributed by atoms with Crippen molar-refractivity contribution < 1.29 is 9.84 Å². The molecule has 6 fully saturated rings. The molecule has 4 unspecified atom stereocenters. The maximum Gasteiger partial charge on any atom is 0.258 e. The highest BCUT2D eigenvalue weighted by Crippen LogP contribution is 2.36. The van der Waals surface area contributed by atoms with E-state index in [2.05, 4.69) is 91.7 Å². The van der Waals surface area contributed by atoms with Gasteiger partial charge in [-0.3, -0.25) is 52.3 Å². The number of fused-ring (bicyclic) bond motifs is 8. The molecule has 100 heavy (non-hydrogen) atoms. The SMILES string of the molecule is CCN1CCC2CN(c3ccc4nc(-c5cc6c(C)nc(C)cn6n5)cc(=O)n4c3)CCC21.CCc1nc(C)cn2nc(-c3cc(=O)n4cc(N5CCN(C6COC6)CC5)ccc4n3)cc12.Cc1cn2nc(-c3cc(=O)n4cc(N5CCC6C(CCN6CCO)C5)ccc4n3)cc2c(C)n1. The Morgan fingerprint density at radius 2 is 0.880 bits per heavy atom. The fourth-order valence-corrected chi connectivity index (χ4v) is 16.2. The number of aliphatic hydroxyl groups excluding tert-OH is 1. The summed E-state index contributed by atoms with van der Waals surface area (Å²) in [5.74, 6) is 1.31. The van der Waals surface area contributed by atoms with Crippen LogP contribution in [0.2, 0.25) is 0 Å². The minimum absolute atomic E-state index is 0.0900. The van der Waals surface area contributed by atoms with Crippen LogP contribution in [0.15, 0.2) is 124 Å². The molecule has 0 radical (unpaired) electrons. The van der Waals surface area contributed by atoms with E-state index < -0.39 is 0 Å². The highest BCUT2D eigenvalue weighted by atomic mass is 16.5. The molecule has 6 aliphatic rings. The summed E-state index contributed by atoms with van der Waals surface area (Å²) in [5.41, 5.74) is 16.8. The van der Waals surface area contributed by atoms with Gasteiger partial charge in [0, 0.05) is 108 Å². The lowest BCUT2D eigenvalue weighted by Crippen LogP contribution is -2.56. The number of nitrogens with zero attached hydrogens (tertiary/aromatic N) is 21. The average Bonchev–Trinajstić information content (AvgIpc) is 1.41. The zero-order chi connectivity index (χ0) is 68.6. The molecular formula is C74H85N21O5. The van der Waals surface area contributed by atoms with Crippen molar-refractivity contribution in [2.75, 3.05) is 113 Å². The molecule has 0 bridgehead atoms. The molecule has 12 aromatic rings. The van der Waals surface area contributed by atoms with E-state index in [0.29, 0.717) is 81.1 Å². The van der Waals surface area contributed by atoms with Crippen LogP contribution in [0.25, 0.3) is 67.7 Å². The van der Waals surface area contributed by atoms with Gasteiger partial charge in [-0.1, -0.05) is 13.8 Å². The van der Waals surface area contributed by atoms with Gasteiger partial charge in [0.2, 0.25) is 0 Å². The van der Waals surface area contributed by atoms with Crippen LogP contribution in [0.1, 0.15) is 73.7 Å². The molecule has 0 spiro atoms. The molecule has 26 heteroatoms. The number of piperidine rings is 2. The highest BCUT2D eigenvalue weighted by Gasteiger charge is 2.39. The number of β-amino-alcohol motifs (C(OH)–C–C–N with tert-alkyl or cyclic N) is 1. The van der Waals surface area contributed by atoms with Crippen LogP contribution in [0.3, 0.4) is 0 Å². The Bertz CT molecular complexity index is 5300. The normalized spacial score (nSPS) is 20.0. The summed E-state index contributed by atoms with van der Waals surface area (Å²) in [6.45, 7) is 28.1. The van der Waals surface area contributed by atoms with Gasteiger partial charge in [-0.15, -0.1) is 0 Å². The van der Waals surface area contributed by atoms with Gasteiger partial charge in [-0.05, 0) is 153 Å². The van der Waals surface area contributed by atoms with Crippen LogP contribution >= 0.6 is 0 Å². The first-order valence-corrected chi connectivity index (χ1v) is 35.4. The van der Waals surface area contributed by atoms with Crippen LogP contribution in [0, 0.1) is 46.5 Å². The van der Waals surface area contributed by atoms with E-state index >= 15 is 0 Å². The number of ether oxygens (including phenoxy) is 1. The molecule has 516 valence electrons. The van der Waals surface area contributed by atoms with Gasteiger partial charge in [0.05, 0.1) is 129 Å². The summed E-state index contributed by atoms with van der Waals surface area (Å²) in [5, 5.41) is 23.3. The fourth-order valence-electron chi connectivity index (χ4n) is 16.2. The van der Waals surface area contributed by atoms with Gasteiger partial charge in [0.15, 0.2) is 0 Å². The van der Waals surface area contributed by atoms with Crippen LogP contribution in [-0.4, -0.2) is 208 Å². The monoisotopic (exact) mass is 1350 g/mol. The van der Waals surface area contributed by atoms with E-state index in [1.54, 1.807) is 35.9 Å². The van der Waals surface area contributed by atoms with Gasteiger partial charge in [-0.2, -0.15) is 15.3 Å². The Hall–Kier alpha value is -9.86. The molecule has 12 aromatic heterocycles. The highest BCUT2D eigenvalue weighted by molar-refractivity contribution is 5.70. The second-order valence-electron chi connectivity index (χ2n) is 27.8. The lowest BCUT2D eigenvalue weighted by Gasteiger charge is -2.43. The van der Waals surface area contributed by atoms with Gasteiger partial charge >= 0.3 is 0 Å². The van der Waals surface area contributed by atoms with Crippen molar-refractivity contribution in [3.05, 3.63) is 175 Å². The van der Waals surface area contributed by atoms with E-state index in [1.165, 1.54) is 19.4 Å². The number of aliphatic hydroxyl groups is 1. The molecule has 4 atom stereocenters. The van der Waals surface area contributed by atoms with Crippen LogP contribution < -0.4 is 31.4 Å². The van der Waals surface area contributed by atoms with Gasteiger partial charge in [0.25, 0.3) is 16.7 Å². The minimum atomic E-state index is -0.116. The van der Waals surface area contributed by atoms with Crippen LogP contribution in [0.5, 0.6) is 0 Å². The molecule has 1 N–H and O–H groups in total. The predicted octanol–water partition coefficient (Wildman–Crippen LogP) is 6.65. The van der Waals surface area contributed by atoms with Crippen molar-refractivity contribution in [3.8, 4) is 34.2 Å². The molecule has 26 nitrogen and oxygen atoms in total. The van der Waals surface area contributed by atoms with Crippen molar-refractivity contribution in [1.29, 1.82) is 0 Å². The summed E-state index contributed by atoms with van der Waals surface area (Å²) in [6.07, 6.45) is 16.9. The van der Waals surface area contributed by atoms with Crippen molar-refractivity contribution in [2.45, 2.75) is 98.7 Å². The van der Waals surface area contributed by atoms with Crippen LogP contribution in [0.4, 0.5) is 17.1 Å². The average molecular weight is 1350 g/mol. The Kier molecular flexibility index (Phi) is 17.3. The van der Waals surface area contributed by atoms with Crippen molar-refractivity contribution in [3.63, 3.8) is 0 Å². The number of pyridine rings is 3. The number of likely N-dealkylation sites (tertiary alicyclic amines) is 2. The molecule has 18 rings (SSSR count). The zero-order valence-corrected chi connectivity index (χ0v) is 57.9. The molecule has 0 aromatic carbocycles.